The second kappa shape index (κ2) is 9.71. The molecule has 1 aromatic rings. The molecule has 26 heavy (non-hydrogen) atoms. The first-order chi connectivity index (χ1) is 13.0. The summed E-state index contributed by atoms with van der Waals surface area (Å²) in [6.07, 6.45) is 7.33. The first-order valence-corrected chi connectivity index (χ1v) is 9.80. The van der Waals surface area contributed by atoms with E-state index in [-0.39, 0.29) is 12.4 Å². The van der Waals surface area contributed by atoms with E-state index >= 15 is 0 Å². The summed E-state index contributed by atoms with van der Waals surface area (Å²) in [6, 6.07) is 8.07. The molecule has 6 heteroatoms. The van der Waals surface area contributed by atoms with Crippen molar-refractivity contribution in [2.75, 3.05) is 12.4 Å². The summed E-state index contributed by atoms with van der Waals surface area (Å²) in [6.45, 7) is 1.90. The van der Waals surface area contributed by atoms with Crippen molar-refractivity contribution in [2.45, 2.75) is 31.2 Å². The van der Waals surface area contributed by atoms with Gasteiger partial charge in [-0.3, -0.25) is 9.59 Å². The van der Waals surface area contributed by atoms with Crippen LogP contribution in [0.25, 0.3) is 0 Å². The van der Waals surface area contributed by atoms with Crippen molar-refractivity contribution in [3.8, 4) is 0 Å². The zero-order valence-electron chi connectivity index (χ0n) is 15.9. The fourth-order valence-electron chi connectivity index (χ4n) is 2.91. The summed E-state index contributed by atoms with van der Waals surface area (Å²) in [5.74, 6) is 0.274. The van der Waals surface area contributed by atoms with Gasteiger partial charge in [-0.05, 0) is 18.9 Å². The molecule has 0 heterocycles. The fourth-order valence-corrected chi connectivity index (χ4v) is 3.85. The molecule has 0 aromatic heterocycles. The summed E-state index contributed by atoms with van der Waals surface area (Å²) in [5, 5.41) is 0. The highest BCUT2D eigenvalue weighted by Crippen LogP contribution is 2.34. The Labute approximate surface area is 160 Å². The highest BCUT2D eigenvalue weighted by atomic mass is 32.2. The number of benzene rings is 1. The molecule has 0 saturated heterocycles. The molecule has 2 rings (SSSR count). The van der Waals surface area contributed by atoms with Gasteiger partial charge in [0.05, 0.1) is 18.1 Å². The molecule has 0 amide bonds. The lowest BCUT2D eigenvalue weighted by atomic mass is 9.70. The number of carbonyl (C=O) groups is 2. The Kier molecular flexibility index (Phi) is 7.05. The number of hydrogen-bond donors (Lipinski definition) is 2. The van der Waals surface area contributed by atoms with Gasteiger partial charge in [0.2, 0.25) is 0 Å². The van der Waals surface area contributed by atoms with Gasteiger partial charge in [-0.2, -0.15) is 11.8 Å². The zero-order chi connectivity index (χ0) is 19.7. The first-order valence-electron chi connectivity index (χ1n) is 9.15. The molecule has 2 unspecified atom stereocenters. The number of Topliss-reactive ketones (excluding diaryl/α,β-unsaturated/α-hetero) is 1. The number of hydrogen-bond acceptors (Lipinski definition) is 6. The molecule has 3 atom stereocenters. The van der Waals surface area contributed by atoms with Gasteiger partial charge < -0.3 is 16.2 Å². The quantitative estimate of drug-likeness (QED) is 0.609. The van der Waals surface area contributed by atoms with E-state index in [0.29, 0.717) is 12.2 Å². The molecule has 0 spiro atoms. The molecule has 4 N–H and O–H groups in total. The number of rotatable bonds is 10. The van der Waals surface area contributed by atoms with Crippen molar-refractivity contribution in [3.05, 3.63) is 60.2 Å². The maximum atomic E-state index is 13.3. The van der Waals surface area contributed by atoms with Crippen molar-refractivity contribution in [2.24, 2.45) is 16.9 Å². The van der Waals surface area contributed by atoms with Crippen LogP contribution in [0.1, 0.15) is 18.9 Å². The number of thioether (sulfide) groups is 1. The Hall–Kier alpha value is -1.89. The van der Waals surface area contributed by atoms with Crippen molar-refractivity contribution >= 4 is 23.5 Å². The Morgan fingerprint density at radius 3 is 2.73 bits per heavy atom. The molecule has 0 aliphatic heterocycles. The van der Waals surface area contributed by atoms with Crippen molar-refractivity contribution in [1.82, 2.24) is 0 Å². The smallest absolute Gasteiger partial charge is 0.324 e. The van der Waals surface area contributed by atoms with Gasteiger partial charge in [0.15, 0.2) is 5.78 Å². The number of nitrogens with two attached hydrogens (primary N) is 2. The third-order valence-electron chi connectivity index (χ3n) is 4.36. The third kappa shape index (κ3) is 4.84. The van der Waals surface area contributed by atoms with Crippen LogP contribution in [0.15, 0.2) is 54.6 Å². The van der Waals surface area contributed by atoms with E-state index < -0.39 is 23.5 Å². The number of esters is 1. The molecule has 1 aliphatic rings. The van der Waals surface area contributed by atoms with Crippen LogP contribution in [0.5, 0.6) is 0 Å². The van der Waals surface area contributed by atoms with E-state index in [4.69, 9.17) is 11.9 Å². The number of ketones is 1. The molecule has 0 radical (unpaired) electrons. The normalized spacial score (nSPS) is 21.7. The third-order valence-corrected chi connectivity index (χ3v) is 5.47. The highest BCUT2D eigenvalue weighted by molar-refractivity contribution is 7.98. The minimum absolute atomic E-state index is 0.198. The van der Waals surface area contributed by atoms with Crippen LogP contribution in [0, 0.1) is 5.41 Å². The molecule has 0 saturated carbocycles. The topological polar surface area (TPSA) is 95.4 Å². The van der Waals surface area contributed by atoms with E-state index in [9.17, 15) is 9.59 Å². The van der Waals surface area contributed by atoms with E-state index in [2.05, 4.69) is 5.73 Å². The Morgan fingerprint density at radius 1 is 1.35 bits per heavy atom. The molecule has 1 aromatic carbocycles. The van der Waals surface area contributed by atoms with Crippen LogP contribution < -0.4 is 11.5 Å². The summed E-state index contributed by atoms with van der Waals surface area (Å²) in [4.78, 5) is 25.5. The lowest BCUT2D eigenvalue weighted by molar-refractivity contribution is -0.150. The van der Waals surface area contributed by atoms with E-state index in [0.717, 1.165) is 11.3 Å². The Bertz CT molecular complexity index is 696. The standard InChI is InChI=1S/C20H26N2O3S/c1-2-25-19(24)17(22)20(11-7-4-8-12-20)18(23)16(21)14-26-13-15-9-5-3-6-10-15/h3-11,16-17H,2,12-14,21-22H2,1H3/t16-,17?,20?/m0/s1/i/hD. The van der Waals surface area contributed by atoms with Crippen LogP contribution in [-0.4, -0.2) is 36.2 Å². The average molecular weight is 376 g/mol. The maximum Gasteiger partial charge on any atom is 0.324 e. The highest BCUT2D eigenvalue weighted by Gasteiger charge is 2.47. The maximum absolute atomic E-state index is 13.3. The monoisotopic (exact) mass is 375 g/mol. The van der Waals surface area contributed by atoms with Gasteiger partial charge >= 0.3 is 5.97 Å². The fraction of sp³-hybridized carbons (Fsp3) is 0.400. The zero-order valence-corrected chi connectivity index (χ0v) is 15.7. The van der Waals surface area contributed by atoms with Crippen molar-refractivity contribution in [3.63, 3.8) is 0 Å². The van der Waals surface area contributed by atoms with Gasteiger partial charge in [0.1, 0.15) is 7.45 Å². The summed E-state index contributed by atoms with van der Waals surface area (Å²) < 4.78 is 12.7. The molecular formula is C20H26N2O3S. The number of carbonyl (C=O) groups excluding carboxylic acids is 2. The largest absolute Gasteiger partial charge is 0.465 e. The van der Waals surface area contributed by atoms with Gasteiger partial charge in [-0.15, -0.1) is 0 Å². The number of allylic oxidation sites excluding steroid dienone is 3. The van der Waals surface area contributed by atoms with Gasteiger partial charge in [0, 0.05) is 11.5 Å². The van der Waals surface area contributed by atoms with Crippen LogP contribution in [0.2, 0.25) is 1.41 Å². The molecule has 0 fully saturated rings. The lowest BCUT2D eigenvalue weighted by Gasteiger charge is -2.35. The minimum Gasteiger partial charge on any atom is -0.465 e. The van der Waals surface area contributed by atoms with Crippen molar-refractivity contribution < 1.29 is 15.7 Å². The second-order valence-electron chi connectivity index (χ2n) is 6.18. The summed E-state index contributed by atoms with van der Waals surface area (Å²) in [7, 11) is 0. The Morgan fingerprint density at radius 2 is 2.12 bits per heavy atom. The van der Waals surface area contributed by atoms with E-state index in [1.54, 1.807) is 30.8 Å². The van der Waals surface area contributed by atoms with Crippen LogP contribution in [0.3, 0.4) is 0 Å². The average Bonchev–Trinajstić information content (AvgIpc) is 2.71. The molecular weight excluding hydrogens is 348 g/mol. The first kappa shape index (κ1) is 18.9. The molecule has 0 bridgehead atoms. The predicted octanol–water partition coefficient (Wildman–Crippen LogP) is 2.21. The van der Waals surface area contributed by atoms with Gasteiger partial charge in [-0.1, -0.05) is 54.6 Å². The lowest BCUT2D eigenvalue weighted by Crippen LogP contribution is -2.56. The van der Waals surface area contributed by atoms with Gasteiger partial charge in [-0.25, -0.2) is 0 Å². The predicted molar refractivity (Wildman–Crippen MR) is 106 cm³/mol. The van der Waals surface area contributed by atoms with Gasteiger partial charge in [0.25, 0.3) is 0 Å². The molecule has 5 nitrogen and oxygen atoms in total. The second-order valence-corrected chi connectivity index (χ2v) is 7.21. The Balaban J connectivity index is 2.11. The minimum atomic E-state index is -1.20. The molecule has 140 valence electrons. The van der Waals surface area contributed by atoms with Crippen LogP contribution in [-0.2, 0) is 20.1 Å². The van der Waals surface area contributed by atoms with Crippen molar-refractivity contribution in [1.29, 1.82) is 0 Å². The van der Waals surface area contributed by atoms with Crippen LogP contribution >= 0.6 is 11.8 Å². The van der Waals surface area contributed by atoms with E-state index in [1.807, 2.05) is 42.5 Å². The SMILES string of the molecule is [2H]N[C@@H](CSCc1ccccc1)C(=O)C1(C(N)C(=O)OCC)C=CC=CC1. The molecule has 1 aliphatic carbocycles. The summed E-state index contributed by atoms with van der Waals surface area (Å²) in [5.41, 5.74) is 8.45. The van der Waals surface area contributed by atoms with E-state index in [1.165, 1.54) is 0 Å². The number of ether oxygens (including phenoxy) is 1. The van der Waals surface area contributed by atoms with Crippen LogP contribution in [0.4, 0.5) is 0 Å². The summed E-state index contributed by atoms with van der Waals surface area (Å²) >= 11 is 1.56.